The van der Waals surface area contributed by atoms with Crippen molar-refractivity contribution in [2.75, 3.05) is 18.0 Å². The molecule has 2 N–H and O–H groups in total. The van der Waals surface area contributed by atoms with Crippen molar-refractivity contribution in [3.05, 3.63) is 29.8 Å². The molecule has 2 atom stereocenters. The Hall–Kier alpha value is -1.55. The van der Waals surface area contributed by atoms with Crippen LogP contribution in [0.25, 0.3) is 0 Å². The summed E-state index contributed by atoms with van der Waals surface area (Å²) in [6.45, 7) is 9.32. The molecular weight excluding hydrogens is 264 g/mol. The topological polar surface area (TPSA) is 52.6 Å². The van der Waals surface area contributed by atoms with Crippen molar-refractivity contribution in [2.45, 2.75) is 46.1 Å². The number of carbonyl (C=O) groups excluding carboxylic acids is 1. The van der Waals surface area contributed by atoms with E-state index in [4.69, 9.17) is 0 Å². The van der Waals surface area contributed by atoms with Gasteiger partial charge in [-0.25, -0.2) is 4.79 Å². The lowest BCUT2D eigenvalue weighted by atomic mass is 9.87. The normalized spacial score (nSPS) is 19.3. The summed E-state index contributed by atoms with van der Waals surface area (Å²) in [7, 11) is 0. The van der Waals surface area contributed by atoms with E-state index in [1.54, 1.807) is 6.92 Å². The number of hydrogen-bond donors (Lipinski definition) is 2. The Kier molecular flexibility index (Phi) is 4.57. The molecule has 0 bridgehead atoms. The molecule has 21 heavy (non-hydrogen) atoms. The molecule has 1 aromatic carbocycles. The second-order valence-corrected chi connectivity index (χ2v) is 6.95. The maximum absolute atomic E-state index is 12.4. The van der Waals surface area contributed by atoms with Crippen LogP contribution in [0.1, 0.15) is 45.6 Å². The molecule has 0 radical (unpaired) electrons. The lowest BCUT2D eigenvalue weighted by molar-refractivity contribution is 0.129. The van der Waals surface area contributed by atoms with Gasteiger partial charge in [0.05, 0.1) is 6.10 Å². The fourth-order valence-corrected chi connectivity index (χ4v) is 3.10. The first-order valence-corrected chi connectivity index (χ1v) is 7.62. The third-order valence-corrected chi connectivity index (χ3v) is 4.03. The summed E-state index contributed by atoms with van der Waals surface area (Å²) in [5.74, 6) is 0.373. The standard InChI is InChI=1S/C17H26N2O2/c1-12-10-19(15-8-6-5-7-14(12)15)16(21)18-11-17(3,4)9-13(2)20/h5-8,12-13,20H,9-11H2,1-4H3,(H,18,21). The quantitative estimate of drug-likeness (QED) is 0.895. The molecule has 0 aromatic heterocycles. The Morgan fingerprint density at radius 3 is 2.81 bits per heavy atom. The Balaban J connectivity index is 1.99. The third-order valence-electron chi connectivity index (χ3n) is 4.03. The van der Waals surface area contributed by atoms with Crippen LogP contribution in [0.2, 0.25) is 0 Å². The van der Waals surface area contributed by atoms with Crippen LogP contribution >= 0.6 is 0 Å². The van der Waals surface area contributed by atoms with Crippen molar-refractivity contribution in [2.24, 2.45) is 5.41 Å². The Morgan fingerprint density at radius 1 is 1.48 bits per heavy atom. The molecule has 0 fully saturated rings. The van der Waals surface area contributed by atoms with Crippen molar-refractivity contribution in [1.29, 1.82) is 0 Å². The summed E-state index contributed by atoms with van der Waals surface area (Å²) in [5.41, 5.74) is 2.13. The third kappa shape index (κ3) is 3.76. The largest absolute Gasteiger partial charge is 0.393 e. The number of carbonyl (C=O) groups is 1. The number of aliphatic hydroxyl groups is 1. The summed E-state index contributed by atoms with van der Waals surface area (Å²) in [5, 5.41) is 12.5. The highest BCUT2D eigenvalue weighted by atomic mass is 16.3. The van der Waals surface area contributed by atoms with Gasteiger partial charge in [0.25, 0.3) is 0 Å². The maximum atomic E-state index is 12.4. The predicted molar refractivity (Wildman–Crippen MR) is 85.7 cm³/mol. The Bertz CT molecular complexity index is 511. The molecule has 1 aliphatic heterocycles. The van der Waals surface area contributed by atoms with E-state index < -0.39 is 0 Å². The average Bonchev–Trinajstić information content (AvgIpc) is 2.73. The molecule has 0 saturated carbocycles. The van der Waals surface area contributed by atoms with E-state index in [0.29, 0.717) is 18.9 Å². The molecule has 2 amide bonds. The molecule has 0 aliphatic carbocycles. The fraction of sp³-hybridized carbons (Fsp3) is 0.588. The number of anilines is 1. The molecule has 4 heteroatoms. The molecule has 0 saturated heterocycles. The van der Waals surface area contributed by atoms with Gasteiger partial charge in [-0.2, -0.15) is 0 Å². The number of hydrogen-bond acceptors (Lipinski definition) is 2. The summed E-state index contributed by atoms with van der Waals surface area (Å²) in [6, 6.07) is 8.02. The monoisotopic (exact) mass is 290 g/mol. The molecular formula is C17H26N2O2. The van der Waals surface area contributed by atoms with Gasteiger partial charge in [-0.3, -0.25) is 4.90 Å². The minimum absolute atomic E-state index is 0.0505. The molecule has 2 rings (SSSR count). The van der Waals surface area contributed by atoms with Crippen molar-refractivity contribution in [1.82, 2.24) is 5.32 Å². The number of benzene rings is 1. The van der Waals surface area contributed by atoms with Crippen LogP contribution in [0.4, 0.5) is 10.5 Å². The van der Waals surface area contributed by atoms with E-state index in [2.05, 4.69) is 32.2 Å². The number of aliphatic hydroxyl groups excluding tert-OH is 1. The minimum Gasteiger partial charge on any atom is -0.393 e. The average molecular weight is 290 g/mol. The number of para-hydroxylation sites is 1. The van der Waals surface area contributed by atoms with Gasteiger partial charge in [0, 0.05) is 24.7 Å². The molecule has 1 heterocycles. The first-order valence-electron chi connectivity index (χ1n) is 7.62. The number of fused-ring (bicyclic) bond motifs is 1. The Labute approximate surface area is 127 Å². The van der Waals surface area contributed by atoms with E-state index in [9.17, 15) is 9.90 Å². The van der Waals surface area contributed by atoms with Crippen LogP contribution < -0.4 is 10.2 Å². The van der Waals surface area contributed by atoms with Crippen molar-refractivity contribution >= 4 is 11.7 Å². The van der Waals surface area contributed by atoms with E-state index in [1.165, 1.54) is 5.56 Å². The van der Waals surface area contributed by atoms with E-state index in [0.717, 1.165) is 12.2 Å². The fourth-order valence-electron chi connectivity index (χ4n) is 3.10. The lowest BCUT2D eigenvalue weighted by Crippen LogP contribution is -2.43. The van der Waals surface area contributed by atoms with Gasteiger partial charge in [0.2, 0.25) is 0 Å². The molecule has 4 nitrogen and oxygen atoms in total. The highest BCUT2D eigenvalue weighted by Gasteiger charge is 2.30. The van der Waals surface area contributed by atoms with Crippen LogP contribution in [-0.2, 0) is 0 Å². The zero-order chi connectivity index (χ0) is 15.6. The van der Waals surface area contributed by atoms with Gasteiger partial charge in [0.1, 0.15) is 0 Å². The van der Waals surface area contributed by atoms with Crippen molar-refractivity contribution in [3.63, 3.8) is 0 Å². The van der Waals surface area contributed by atoms with E-state index in [1.807, 2.05) is 23.1 Å². The maximum Gasteiger partial charge on any atom is 0.321 e. The van der Waals surface area contributed by atoms with Gasteiger partial charge >= 0.3 is 6.03 Å². The van der Waals surface area contributed by atoms with Crippen molar-refractivity contribution < 1.29 is 9.90 Å². The summed E-state index contributed by atoms with van der Waals surface area (Å²) >= 11 is 0. The van der Waals surface area contributed by atoms with Crippen LogP contribution in [0.15, 0.2) is 24.3 Å². The Morgan fingerprint density at radius 2 is 2.14 bits per heavy atom. The number of urea groups is 1. The molecule has 2 unspecified atom stereocenters. The summed E-state index contributed by atoms with van der Waals surface area (Å²) in [6.07, 6.45) is 0.310. The molecule has 0 spiro atoms. The van der Waals surface area contributed by atoms with Crippen LogP contribution in [-0.4, -0.2) is 30.3 Å². The zero-order valence-corrected chi connectivity index (χ0v) is 13.4. The van der Waals surface area contributed by atoms with Gasteiger partial charge in [-0.05, 0) is 30.4 Å². The van der Waals surface area contributed by atoms with Gasteiger partial charge < -0.3 is 10.4 Å². The summed E-state index contributed by atoms with van der Waals surface area (Å²) in [4.78, 5) is 14.3. The zero-order valence-electron chi connectivity index (χ0n) is 13.4. The number of amides is 2. The summed E-state index contributed by atoms with van der Waals surface area (Å²) < 4.78 is 0. The second kappa shape index (κ2) is 6.06. The van der Waals surface area contributed by atoms with E-state index in [-0.39, 0.29) is 17.6 Å². The molecule has 1 aromatic rings. The lowest BCUT2D eigenvalue weighted by Gasteiger charge is -2.28. The van der Waals surface area contributed by atoms with Gasteiger partial charge in [-0.1, -0.05) is 39.0 Å². The number of nitrogens with zero attached hydrogens (tertiary/aromatic N) is 1. The van der Waals surface area contributed by atoms with Gasteiger partial charge in [-0.15, -0.1) is 0 Å². The van der Waals surface area contributed by atoms with E-state index >= 15 is 0 Å². The van der Waals surface area contributed by atoms with Gasteiger partial charge in [0.15, 0.2) is 0 Å². The second-order valence-electron chi connectivity index (χ2n) is 6.95. The van der Waals surface area contributed by atoms with Crippen LogP contribution in [0.5, 0.6) is 0 Å². The molecule has 116 valence electrons. The smallest absolute Gasteiger partial charge is 0.321 e. The first kappa shape index (κ1) is 15.8. The van der Waals surface area contributed by atoms with Crippen LogP contribution in [0.3, 0.4) is 0 Å². The highest BCUT2D eigenvalue weighted by Crippen LogP contribution is 2.35. The molecule has 1 aliphatic rings. The minimum atomic E-state index is -0.357. The number of rotatable bonds is 4. The highest BCUT2D eigenvalue weighted by molar-refractivity contribution is 5.94. The first-order chi connectivity index (χ1) is 9.80. The van der Waals surface area contributed by atoms with Crippen LogP contribution in [0, 0.1) is 5.41 Å². The predicted octanol–water partition coefficient (Wildman–Crippen LogP) is 3.12. The SMILES string of the molecule is CC(O)CC(C)(C)CNC(=O)N1CC(C)c2ccccc21. The number of nitrogens with one attached hydrogen (secondary N) is 1. The van der Waals surface area contributed by atoms with Crippen molar-refractivity contribution in [3.8, 4) is 0 Å².